The van der Waals surface area contributed by atoms with Crippen molar-refractivity contribution in [2.45, 2.75) is 46.1 Å². The first-order valence-electron chi connectivity index (χ1n) is 10.3. The zero-order valence-electron chi connectivity index (χ0n) is 17.4. The van der Waals surface area contributed by atoms with E-state index in [4.69, 9.17) is 10.7 Å². The number of nitrogens with zero attached hydrogens (tertiary/aromatic N) is 1. The monoisotopic (exact) mass is 407 g/mol. The van der Waals surface area contributed by atoms with Crippen LogP contribution in [0.5, 0.6) is 0 Å². The number of rotatable bonds is 4. The molecule has 0 aliphatic heterocycles. The maximum atomic E-state index is 12.9. The van der Waals surface area contributed by atoms with Crippen LogP contribution in [0, 0.1) is 11.3 Å². The molecule has 0 spiro atoms. The molecule has 4 nitrogen and oxygen atoms in total. The predicted molar refractivity (Wildman–Crippen MR) is 120 cm³/mol. The fourth-order valence-corrected chi connectivity index (χ4v) is 5.10. The molecule has 3 aromatic rings. The smallest absolute Gasteiger partial charge is 0.261 e. The standard InChI is InChI=1S/C24H29N3OS/c1-24(2,3)18-9-10-19-16(12-18)11-17-13-21(29-23(17)27-19)22(28)26-20(14-25)15-7-5-4-6-8-15/h4-8,11,13,18,20H,9-10,12,14,25H2,1-3H3,(H,26,28). The summed E-state index contributed by atoms with van der Waals surface area (Å²) in [5.74, 6) is 0.588. The molecular weight excluding hydrogens is 378 g/mol. The summed E-state index contributed by atoms with van der Waals surface area (Å²) >= 11 is 1.47. The van der Waals surface area contributed by atoms with Gasteiger partial charge in [-0.15, -0.1) is 11.3 Å². The predicted octanol–water partition coefficient (Wildman–Crippen LogP) is 4.88. The van der Waals surface area contributed by atoms with E-state index in [0.29, 0.717) is 22.8 Å². The normalized spacial score (nSPS) is 17.7. The third-order valence-electron chi connectivity index (χ3n) is 6.06. The van der Waals surface area contributed by atoms with E-state index >= 15 is 0 Å². The highest BCUT2D eigenvalue weighted by molar-refractivity contribution is 7.20. The van der Waals surface area contributed by atoms with Crippen molar-refractivity contribution in [1.82, 2.24) is 10.3 Å². The minimum absolute atomic E-state index is 0.0853. The zero-order valence-corrected chi connectivity index (χ0v) is 18.2. The maximum Gasteiger partial charge on any atom is 0.261 e. The molecule has 1 aromatic carbocycles. The molecule has 1 aliphatic rings. The third-order valence-corrected chi connectivity index (χ3v) is 7.11. The van der Waals surface area contributed by atoms with Gasteiger partial charge in [0.25, 0.3) is 5.91 Å². The second-order valence-electron chi connectivity index (χ2n) is 9.08. The van der Waals surface area contributed by atoms with Crippen LogP contribution in [0.2, 0.25) is 0 Å². The number of fused-ring (bicyclic) bond motifs is 2. The van der Waals surface area contributed by atoms with Gasteiger partial charge in [-0.2, -0.15) is 0 Å². The number of carbonyl (C=O) groups is 1. The van der Waals surface area contributed by atoms with Gasteiger partial charge in [-0.1, -0.05) is 51.1 Å². The van der Waals surface area contributed by atoms with Crippen LogP contribution in [0.1, 0.15) is 59.7 Å². The maximum absolute atomic E-state index is 12.9. The van der Waals surface area contributed by atoms with Gasteiger partial charge in [-0.05, 0) is 53.9 Å². The van der Waals surface area contributed by atoms with Crippen LogP contribution in [-0.4, -0.2) is 17.4 Å². The summed E-state index contributed by atoms with van der Waals surface area (Å²) in [5.41, 5.74) is 9.79. The molecule has 2 heterocycles. The SMILES string of the molecule is CC(C)(C)C1CCc2nc3sc(C(=O)NC(CN)c4ccccc4)cc3cc2C1. The molecule has 2 aromatic heterocycles. The number of aryl methyl sites for hydroxylation is 1. The third kappa shape index (κ3) is 4.21. The van der Waals surface area contributed by atoms with Crippen molar-refractivity contribution in [1.29, 1.82) is 0 Å². The van der Waals surface area contributed by atoms with E-state index in [1.807, 2.05) is 36.4 Å². The topological polar surface area (TPSA) is 68.0 Å². The van der Waals surface area contributed by atoms with Crippen molar-refractivity contribution in [3.8, 4) is 0 Å². The quantitative estimate of drug-likeness (QED) is 0.648. The van der Waals surface area contributed by atoms with E-state index in [-0.39, 0.29) is 11.9 Å². The highest BCUT2D eigenvalue weighted by Crippen LogP contribution is 2.38. The molecule has 0 saturated carbocycles. The molecule has 152 valence electrons. The van der Waals surface area contributed by atoms with Crippen LogP contribution >= 0.6 is 11.3 Å². The van der Waals surface area contributed by atoms with Gasteiger partial charge >= 0.3 is 0 Å². The lowest BCUT2D eigenvalue weighted by Gasteiger charge is -2.34. The number of nitrogens with two attached hydrogens (primary N) is 1. The van der Waals surface area contributed by atoms with Gasteiger partial charge in [0.05, 0.1) is 10.9 Å². The van der Waals surface area contributed by atoms with E-state index in [2.05, 4.69) is 32.2 Å². The number of nitrogens with one attached hydrogen (secondary N) is 1. The lowest BCUT2D eigenvalue weighted by atomic mass is 9.71. The van der Waals surface area contributed by atoms with Gasteiger partial charge in [-0.3, -0.25) is 4.79 Å². The Balaban J connectivity index is 1.57. The minimum Gasteiger partial charge on any atom is -0.343 e. The first kappa shape index (κ1) is 20.0. The van der Waals surface area contributed by atoms with E-state index < -0.39 is 0 Å². The number of pyridine rings is 1. The van der Waals surface area contributed by atoms with Gasteiger partial charge in [0.1, 0.15) is 4.83 Å². The Hall–Kier alpha value is -2.24. The first-order valence-corrected chi connectivity index (χ1v) is 11.1. The van der Waals surface area contributed by atoms with Crippen molar-refractivity contribution in [3.05, 3.63) is 64.2 Å². The molecule has 2 unspecified atom stereocenters. The molecule has 0 saturated heterocycles. The Morgan fingerprint density at radius 2 is 2.03 bits per heavy atom. The van der Waals surface area contributed by atoms with E-state index in [9.17, 15) is 4.79 Å². The zero-order chi connectivity index (χ0) is 20.6. The number of benzene rings is 1. The lowest BCUT2D eigenvalue weighted by Crippen LogP contribution is -2.32. The van der Waals surface area contributed by atoms with Gasteiger partial charge in [-0.25, -0.2) is 4.98 Å². The number of carbonyl (C=O) groups excluding carboxylic acids is 1. The molecule has 5 heteroatoms. The number of amides is 1. The Bertz CT molecular complexity index is 1020. The number of aromatic nitrogens is 1. The summed E-state index contributed by atoms with van der Waals surface area (Å²) < 4.78 is 0. The average molecular weight is 408 g/mol. The first-order chi connectivity index (χ1) is 13.8. The highest BCUT2D eigenvalue weighted by atomic mass is 32.1. The van der Waals surface area contributed by atoms with Crippen LogP contribution in [0.4, 0.5) is 0 Å². The van der Waals surface area contributed by atoms with Crippen molar-refractivity contribution in [3.63, 3.8) is 0 Å². The molecule has 4 rings (SSSR count). The molecule has 0 radical (unpaired) electrons. The minimum atomic E-state index is -0.192. The molecule has 1 aliphatic carbocycles. The van der Waals surface area contributed by atoms with E-state index in [1.165, 1.54) is 29.0 Å². The van der Waals surface area contributed by atoms with E-state index in [0.717, 1.165) is 28.6 Å². The fraction of sp³-hybridized carbons (Fsp3) is 0.417. The van der Waals surface area contributed by atoms with Crippen molar-refractivity contribution >= 4 is 27.5 Å². The molecule has 1 amide bonds. The highest BCUT2D eigenvalue weighted by Gasteiger charge is 2.29. The van der Waals surface area contributed by atoms with Gasteiger partial charge < -0.3 is 11.1 Å². The average Bonchev–Trinajstić information content (AvgIpc) is 3.12. The Labute approximate surface area is 176 Å². The molecular formula is C24H29N3OS. The largest absolute Gasteiger partial charge is 0.343 e. The summed E-state index contributed by atoms with van der Waals surface area (Å²) in [5, 5.41) is 4.14. The fourth-order valence-electron chi connectivity index (χ4n) is 4.17. The number of thiophene rings is 1. The number of hydrogen-bond acceptors (Lipinski definition) is 4. The molecule has 29 heavy (non-hydrogen) atoms. The van der Waals surface area contributed by atoms with Crippen molar-refractivity contribution in [2.75, 3.05) is 6.54 Å². The summed E-state index contributed by atoms with van der Waals surface area (Å²) in [6, 6.07) is 13.9. The Kier molecular flexibility index (Phi) is 5.45. The van der Waals surface area contributed by atoms with Gasteiger partial charge in [0.2, 0.25) is 0 Å². The molecule has 3 N–H and O–H groups in total. The second kappa shape index (κ2) is 7.88. The molecule has 0 bridgehead atoms. The lowest BCUT2D eigenvalue weighted by molar-refractivity contribution is 0.0942. The van der Waals surface area contributed by atoms with Crippen LogP contribution in [0.15, 0.2) is 42.5 Å². The van der Waals surface area contributed by atoms with E-state index in [1.54, 1.807) is 0 Å². The number of hydrogen-bond donors (Lipinski definition) is 2. The Morgan fingerprint density at radius 1 is 1.28 bits per heavy atom. The Morgan fingerprint density at radius 3 is 2.72 bits per heavy atom. The van der Waals surface area contributed by atoms with Crippen LogP contribution in [-0.2, 0) is 12.8 Å². The summed E-state index contributed by atoms with van der Waals surface area (Å²) in [6.45, 7) is 7.33. The van der Waals surface area contributed by atoms with Gasteiger partial charge in [0.15, 0.2) is 0 Å². The summed E-state index contributed by atoms with van der Waals surface area (Å²) in [6.07, 6.45) is 3.28. The van der Waals surface area contributed by atoms with Crippen LogP contribution in [0.25, 0.3) is 10.2 Å². The molecule has 0 fully saturated rings. The summed E-state index contributed by atoms with van der Waals surface area (Å²) in [4.78, 5) is 19.4. The van der Waals surface area contributed by atoms with Crippen molar-refractivity contribution < 1.29 is 4.79 Å². The van der Waals surface area contributed by atoms with Crippen molar-refractivity contribution in [2.24, 2.45) is 17.1 Å². The summed E-state index contributed by atoms with van der Waals surface area (Å²) in [7, 11) is 0. The van der Waals surface area contributed by atoms with Crippen LogP contribution in [0.3, 0.4) is 0 Å². The van der Waals surface area contributed by atoms with Gasteiger partial charge in [0, 0.05) is 17.6 Å². The second-order valence-corrected chi connectivity index (χ2v) is 10.1. The van der Waals surface area contributed by atoms with Crippen LogP contribution < -0.4 is 11.1 Å². The molecule has 2 atom stereocenters.